The molecule has 0 saturated carbocycles. The van der Waals surface area contributed by atoms with Gasteiger partial charge in [0.15, 0.2) is 0 Å². The Morgan fingerprint density at radius 1 is 1.36 bits per heavy atom. The monoisotopic (exact) mass is 323 g/mol. The topological polar surface area (TPSA) is 45.7 Å². The summed E-state index contributed by atoms with van der Waals surface area (Å²) in [5, 5.41) is 3.23. The summed E-state index contributed by atoms with van der Waals surface area (Å²) in [6.07, 6.45) is 6.95. The third kappa shape index (κ3) is 3.34. The molecule has 0 N–H and O–H groups in total. The zero-order valence-corrected chi connectivity index (χ0v) is 14.1. The summed E-state index contributed by atoms with van der Waals surface area (Å²) in [5.41, 5.74) is 0.0766. The lowest BCUT2D eigenvalue weighted by molar-refractivity contribution is -0.132. The van der Waals surface area contributed by atoms with Gasteiger partial charge in [-0.15, -0.1) is 11.3 Å². The Morgan fingerprint density at radius 2 is 2.27 bits per heavy atom. The zero-order chi connectivity index (χ0) is 15.4. The second-order valence-corrected chi connectivity index (χ2v) is 7.30. The van der Waals surface area contributed by atoms with Crippen LogP contribution in [0.15, 0.2) is 11.6 Å². The predicted octanol–water partition coefficient (Wildman–Crippen LogP) is 2.14. The van der Waals surface area contributed by atoms with Gasteiger partial charge in [0.1, 0.15) is 5.01 Å². The Morgan fingerprint density at radius 3 is 3.05 bits per heavy atom. The fourth-order valence-electron chi connectivity index (χ4n) is 3.85. The minimum Gasteiger partial charge on any atom is -0.383 e. The first-order valence-corrected chi connectivity index (χ1v) is 9.02. The highest BCUT2D eigenvalue weighted by Crippen LogP contribution is 2.39. The van der Waals surface area contributed by atoms with Crippen molar-refractivity contribution in [2.24, 2.45) is 0 Å². The largest absolute Gasteiger partial charge is 0.383 e. The maximum atomic E-state index is 12.3. The number of thiazole rings is 1. The van der Waals surface area contributed by atoms with Gasteiger partial charge in [0.2, 0.25) is 5.91 Å². The van der Waals surface area contributed by atoms with Gasteiger partial charge in [-0.3, -0.25) is 9.69 Å². The Kier molecular flexibility index (Phi) is 5.10. The fourth-order valence-corrected chi connectivity index (χ4v) is 4.51. The van der Waals surface area contributed by atoms with Crippen molar-refractivity contribution < 1.29 is 9.53 Å². The third-order valence-electron chi connectivity index (χ3n) is 5.05. The van der Waals surface area contributed by atoms with Gasteiger partial charge in [0.25, 0.3) is 0 Å². The van der Waals surface area contributed by atoms with Crippen molar-refractivity contribution in [3.05, 3.63) is 16.6 Å². The second kappa shape index (κ2) is 7.06. The molecule has 1 atom stereocenters. The van der Waals surface area contributed by atoms with Gasteiger partial charge in [-0.1, -0.05) is 0 Å². The van der Waals surface area contributed by atoms with Crippen LogP contribution in [0.5, 0.6) is 0 Å². The number of ether oxygens (including phenoxy) is 1. The van der Waals surface area contributed by atoms with Crippen LogP contribution in [0.1, 0.15) is 37.1 Å². The van der Waals surface area contributed by atoms with Gasteiger partial charge in [-0.05, 0) is 32.2 Å². The molecule has 2 fully saturated rings. The van der Waals surface area contributed by atoms with Crippen LogP contribution in [0.25, 0.3) is 0 Å². The van der Waals surface area contributed by atoms with Crippen LogP contribution in [-0.2, 0) is 16.1 Å². The summed E-state index contributed by atoms with van der Waals surface area (Å²) in [5.74, 6) is 0.311. The summed E-state index contributed by atoms with van der Waals surface area (Å²) in [4.78, 5) is 21.3. The molecule has 0 aromatic carbocycles. The highest BCUT2D eigenvalue weighted by atomic mass is 32.1. The van der Waals surface area contributed by atoms with E-state index < -0.39 is 0 Å². The molecule has 2 saturated heterocycles. The Bertz CT molecular complexity index is 494. The van der Waals surface area contributed by atoms with E-state index >= 15 is 0 Å². The zero-order valence-electron chi connectivity index (χ0n) is 13.3. The average molecular weight is 323 g/mol. The van der Waals surface area contributed by atoms with Gasteiger partial charge in [-0.2, -0.15) is 0 Å². The van der Waals surface area contributed by atoms with Crippen molar-refractivity contribution >= 4 is 17.2 Å². The Balaban J connectivity index is 1.64. The van der Waals surface area contributed by atoms with E-state index in [1.165, 1.54) is 5.01 Å². The first kappa shape index (κ1) is 15.9. The molecule has 1 aromatic rings. The molecule has 0 bridgehead atoms. The van der Waals surface area contributed by atoms with E-state index in [-0.39, 0.29) is 5.54 Å². The molecule has 5 nitrogen and oxygen atoms in total. The number of hydrogen-bond donors (Lipinski definition) is 0. The molecular weight excluding hydrogens is 298 g/mol. The maximum absolute atomic E-state index is 12.3. The minimum absolute atomic E-state index is 0.0766. The molecule has 0 radical (unpaired) electrons. The highest BCUT2D eigenvalue weighted by molar-refractivity contribution is 7.09. The summed E-state index contributed by atoms with van der Waals surface area (Å²) in [7, 11) is 1.70. The Hall–Kier alpha value is -0.980. The van der Waals surface area contributed by atoms with Crippen LogP contribution in [0, 0.1) is 0 Å². The highest BCUT2D eigenvalue weighted by Gasteiger charge is 2.45. The molecule has 1 unspecified atom stereocenters. The van der Waals surface area contributed by atoms with E-state index in [1.54, 1.807) is 18.4 Å². The van der Waals surface area contributed by atoms with Crippen LogP contribution >= 0.6 is 11.3 Å². The van der Waals surface area contributed by atoms with E-state index in [0.717, 1.165) is 51.9 Å². The number of nitrogens with zero attached hydrogens (tertiary/aromatic N) is 3. The van der Waals surface area contributed by atoms with E-state index in [1.807, 2.05) is 11.6 Å². The van der Waals surface area contributed by atoms with Gasteiger partial charge < -0.3 is 9.64 Å². The van der Waals surface area contributed by atoms with Crippen molar-refractivity contribution in [2.75, 3.05) is 33.4 Å². The molecule has 6 heteroatoms. The molecule has 1 aromatic heterocycles. The van der Waals surface area contributed by atoms with Crippen LogP contribution in [0.4, 0.5) is 0 Å². The predicted molar refractivity (Wildman–Crippen MR) is 86.8 cm³/mol. The number of carbonyl (C=O) groups excluding carboxylic acids is 1. The number of likely N-dealkylation sites (tertiary alicyclic amines) is 2. The fraction of sp³-hybridized carbons (Fsp3) is 0.750. The van der Waals surface area contributed by atoms with Crippen molar-refractivity contribution in [1.29, 1.82) is 0 Å². The number of aromatic nitrogens is 1. The normalized spacial score (nSPS) is 26.8. The molecule has 2 aliphatic heterocycles. The van der Waals surface area contributed by atoms with Crippen molar-refractivity contribution in [3.63, 3.8) is 0 Å². The molecule has 22 heavy (non-hydrogen) atoms. The molecule has 1 amide bonds. The quantitative estimate of drug-likeness (QED) is 0.833. The number of carbonyl (C=O) groups is 1. The van der Waals surface area contributed by atoms with Crippen LogP contribution in [0.2, 0.25) is 0 Å². The second-order valence-electron chi connectivity index (χ2n) is 6.32. The standard InChI is InChI=1S/C16H25N3O2S/c1-21-11-10-19-15(20)3-5-16(19)4-2-8-18(9-6-16)13-14-17-7-12-22-14/h7,12H,2-6,8-11,13H2,1H3. The van der Waals surface area contributed by atoms with E-state index in [4.69, 9.17) is 4.74 Å². The van der Waals surface area contributed by atoms with Crippen LogP contribution < -0.4 is 0 Å². The number of rotatable bonds is 5. The molecule has 3 rings (SSSR count). The molecule has 3 heterocycles. The smallest absolute Gasteiger partial charge is 0.223 e. The van der Waals surface area contributed by atoms with Gasteiger partial charge in [0.05, 0.1) is 13.2 Å². The first-order chi connectivity index (χ1) is 10.7. The molecule has 2 aliphatic rings. The average Bonchev–Trinajstić information content (AvgIpc) is 3.06. The Labute approximate surface area is 136 Å². The first-order valence-electron chi connectivity index (χ1n) is 8.14. The molecule has 0 aliphatic carbocycles. The van der Waals surface area contributed by atoms with E-state index in [0.29, 0.717) is 18.9 Å². The summed E-state index contributed by atoms with van der Waals surface area (Å²) >= 11 is 1.73. The van der Waals surface area contributed by atoms with Crippen LogP contribution in [0.3, 0.4) is 0 Å². The lowest BCUT2D eigenvalue weighted by Gasteiger charge is -2.38. The molecule has 1 spiro atoms. The number of hydrogen-bond acceptors (Lipinski definition) is 5. The summed E-state index contributed by atoms with van der Waals surface area (Å²) < 4.78 is 5.20. The minimum atomic E-state index is 0.0766. The number of amides is 1. The lowest BCUT2D eigenvalue weighted by Crippen LogP contribution is -2.47. The SMILES string of the molecule is COCCN1C(=O)CCC12CCCN(Cc1nccs1)CC2. The van der Waals surface area contributed by atoms with E-state index in [9.17, 15) is 4.79 Å². The lowest BCUT2D eigenvalue weighted by atomic mass is 9.88. The van der Waals surface area contributed by atoms with Crippen molar-refractivity contribution in [2.45, 2.75) is 44.2 Å². The van der Waals surface area contributed by atoms with E-state index in [2.05, 4.69) is 14.8 Å². The van der Waals surface area contributed by atoms with Gasteiger partial charge in [0, 0.05) is 43.7 Å². The van der Waals surface area contributed by atoms with Crippen LogP contribution in [-0.4, -0.2) is 59.6 Å². The maximum Gasteiger partial charge on any atom is 0.223 e. The van der Waals surface area contributed by atoms with Crippen molar-refractivity contribution in [1.82, 2.24) is 14.8 Å². The molecular formula is C16H25N3O2S. The number of methoxy groups -OCH3 is 1. The van der Waals surface area contributed by atoms with Gasteiger partial charge >= 0.3 is 0 Å². The summed E-state index contributed by atoms with van der Waals surface area (Å²) in [6, 6.07) is 0. The molecule has 122 valence electrons. The van der Waals surface area contributed by atoms with Gasteiger partial charge in [-0.25, -0.2) is 4.98 Å². The summed E-state index contributed by atoms with van der Waals surface area (Å²) in [6.45, 7) is 4.47. The van der Waals surface area contributed by atoms with Crippen molar-refractivity contribution in [3.8, 4) is 0 Å². The third-order valence-corrected chi connectivity index (χ3v) is 5.81.